The molecule has 3 N–H and O–H groups in total. The molecule has 0 radical (unpaired) electrons. The highest BCUT2D eigenvalue weighted by atomic mass is 127. The summed E-state index contributed by atoms with van der Waals surface area (Å²) in [4.78, 5) is 15.0. The van der Waals surface area contributed by atoms with Crippen molar-refractivity contribution in [3.63, 3.8) is 0 Å². The lowest BCUT2D eigenvalue weighted by Crippen LogP contribution is -2.33. The number of nitrogens with zero attached hydrogens (tertiary/aromatic N) is 4. The third-order valence-corrected chi connectivity index (χ3v) is 3.80. The Morgan fingerprint density at radius 1 is 1.36 bits per heavy atom. The zero-order chi connectivity index (χ0) is 15.1. The molecule has 0 aromatic carbocycles. The van der Waals surface area contributed by atoms with Gasteiger partial charge in [0, 0.05) is 44.3 Å². The van der Waals surface area contributed by atoms with Gasteiger partial charge in [-0.25, -0.2) is 9.98 Å². The van der Waals surface area contributed by atoms with Gasteiger partial charge in [0.1, 0.15) is 0 Å². The number of anilines is 1. The molecule has 0 unspecified atom stereocenters. The fourth-order valence-corrected chi connectivity index (χ4v) is 2.41. The van der Waals surface area contributed by atoms with Crippen LogP contribution in [-0.4, -0.2) is 36.6 Å². The van der Waals surface area contributed by atoms with Crippen molar-refractivity contribution < 1.29 is 0 Å². The highest BCUT2D eigenvalue weighted by Crippen LogP contribution is 2.18. The van der Waals surface area contributed by atoms with E-state index in [9.17, 15) is 0 Å². The molecule has 0 spiro atoms. The van der Waals surface area contributed by atoms with Crippen LogP contribution in [0.25, 0.3) is 0 Å². The highest BCUT2D eigenvalue weighted by Gasteiger charge is 2.03. The topological polar surface area (TPSA) is 79.4 Å². The molecule has 8 heteroatoms. The van der Waals surface area contributed by atoms with Gasteiger partial charge in [0.15, 0.2) is 11.1 Å². The third-order valence-electron chi connectivity index (χ3n) is 2.75. The fourth-order valence-electron chi connectivity index (χ4n) is 1.66. The largest absolute Gasteiger partial charge is 0.370 e. The second kappa shape index (κ2) is 9.57. The summed E-state index contributed by atoms with van der Waals surface area (Å²) < 4.78 is 0. The second-order valence-corrected chi connectivity index (χ2v) is 5.55. The zero-order valence-electron chi connectivity index (χ0n) is 12.7. The number of thiazole rings is 1. The van der Waals surface area contributed by atoms with Crippen molar-refractivity contribution in [1.29, 1.82) is 0 Å². The van der Waals surface area contributed by atoms with E-state index in [1.165, 1.54) is 0 Å². The van der Waals surface area contributed by atoms with E-state index in [1.807, 2.05) is 42.6 Å². The van der Waals surface area contributed by atoms with E-state index in [1.54, 1.807) is 17.5 Å². The van der Waals surface area contributed by atoms with Gasteiger partial charge < -0.3 is 16.0 Å². The van der Waals surface area contributed by atoms with Crippen LogP contribution in [0.15, 0.2) is 34.8 Å². The maximum Gasteiger partial charge on any atom is 0.188 e. The smallest absolute Gasteiger partial charge is 0.188 e. The van der Waals surface area contributed by atoms with Crippen LogP contribution in [0.3, 0.4) is 0 Å². The van der Waals surface area contributed by atoms with Gasteiger partial charge in [-0.05, 0) is 12.1 Å². The first-order valence-corrected chi connectivity index (χ1v) is 7.58. The van der Waals surface area contributed by atoms with Crippen LogP contribution in [0.5, 0.6) is 0 Å². The Hall–Kier alpha value is -1.42. The van der Waals surface area contributed by atoms with Gasteiger partial charge in [0.05, 0.1) is 12.2 Å². The Balaban J connectivity index is 0.00000242. The zero-order valence-corrected chi connectivity index (χ0v) is 15.8. The Morgan fingerprint density at radius 2 is 2.18 bits per heavy atom. The van der Waals surface area contributed by atoms with Gasteiger partial charge in [0.2, 0.25) is 0 Å². The molecule has 0 bridgehead atoms. The number of nitrogens with two attached hydrogens (primary N) is 1. The molecular weight excluding hydrogens is 411 g/mol. The van der Waals surface area contributed by atoms with Crippen molar-refractivity contribution in [2.24, 2.45) is 10.7 Å². The first kappa shape index (κ1) is 18.6. The Bertz CT molecular complexity index is 584. The van der Waals surface area contributed by atoms with Gasteiger partial charge in [-0.2, -0.15) is 0 Å². The van der Waals surface area contributed by atoms with E-state index in [-0.39, 0.29) is 24.0 Å². The van der Waals surface area contributed by atoms with Crippen LogP contribution >= 0.6 is 35.3 Å². The molecule has 0 saturated carbocycles. The van der Waals surface area contributed by atoms with Crippen molar-refractivity contribution in [2.45, 2.75) is 13.0 Å². The number of hydrogen-bond acceptors (Lipinski definition) is 5. The van der Waals surface area contributed by atoms with Gasteiger partial charge in [-0.1, -0.05) is 6.07 Å². The van der Waals surface area contributed by atoms with Crippen LogP contribution in [0, 0.1) is 0 Å². The number of aliphatic imine (C=N–C) groups is 1. The summed E-state index contributed by atoms with van der Waals surface area (Å²) in [6.07, 6.45) is 2.61. The van der Waals surface area contributed by atoms with E-state index in [0.717, 1.165) is 22.9 Å². The summed E-state index contributed by atoms with van der Waals surface area (Å²) >= 11 is 1.60. The molecule has 0 amide bonds. The quantitative estimate of drug-likeness (QED) is 0.414. The van der Waals surface area contributed by atoms with Gasteiger partial charge in [0.25, 0.3) is 0 Å². The molecule has 0 fully saturated rings. The Morgan fingerprint density at radius 3 is 2.82 bits per heavy atom. The number of nitrogens with one attached hydrogen (secondary N) is 1. The standard InChI is InChI=1S/C14H20N6S.HI/c1-20(2)14-19-12(10-21-14)9-18-13(15)17-8-6-11-5-3-4-7-16-11;/h3-5,7,10H,6,8-9H2,1-2H3,(H3,15,17,18);1H. The number of pyridine rings is 1. The van der Waals surface area contributed by atoms with Crippen molar-refractivity contribution in [3.05, 3.63) is 41.2 Å². The second-order valence-electron chi connectivity index (χ2n) is 4.72. The molecule has 6 nitrogen and oxygen atoms in total. The molecule has 2 rings (SSSR count). The number of aromatic nitrogens is 2. The fraction of sp³-hybridized carbons (Fsp3) is 0.357. The molecule has 0 aliphatic rings. The van der Waals surface area contributed by atoms with Crippen molar-refractivity contribution >= 4 is 46.4 Å². The van der Waals surface area contributed by atoms with Crippen LogP contribution < -0.4 is 16.0 Å². The van der Waals surface area contributed by atoms with E-state index < -0.39 is 0 Å². The van der Waals surface area contributed by atoms with E-state index in [2.05, 4.69) is 20.3 Å². The summed E-state index contributed by atoms with van der Waals surface area (Å²) in [7, 11) is 3.94. The number of halogens is 1. The lowest BCUT2D eigenvalue weighted by Gasteiger charge is -2.06. The van der Waals surface area contributed by atoms with E-state index >= 15 is 0 Å². The summed E-state index contributed by atoms with van der Waals surface area (Å²) in [5.74, 6) is 0.435. The first-order chi connectivity index (χ1) is 10.1. The van der Waals surface area contributed by atoms with Gasteiger partial charge >= 0.3 is 0 Å². The van der Waals surface area contributed by atoms with Crippen LogP contribution in [0.2, 0.25) is 0 Å². The Kier molecular flexibility index (Phi) is 8.10. The monoisotopic (exact) mass is 432 g/mol. The van der Waals surface area contributed by atoms with Crippen LogP contribution in [-0.2, 0) is 13.0 Å². The molecule has 0 saturated heterocycles. The lowest BCUT2D eigenvalue weighted by molar-refractivity contribution is 0.826. The normalized spacial score (nSPS) is 10.9. The molecule has 22 heavy (non-hydrogen) atoms. The average molecular weight is 432 g/mol. The number of rotatable bonds is 6. The predicted octanol–water partition coefficient (Wildman–Crippen LogP) is 1.87. The highest BCUT2D eigenvalue weighted by molar-refractivity contribution is 14.0. The maximum absolute atomic E-state index is 5.84. The van der Waals surface area contributed by atoms with E-state index in [0.29, 0.717) is 19.0 Å². The minimum absolute atomic E-state index is 0. The van der Waals surface area contributed by atoms with Crippen molar-refractivity contribution in [3.8, 4) is 0 Å². The summed E-state index contributed by atoms with van der Waals surface area (Å²) in [5, 5.41) is 6.06. The lowest BCUT2D eigenvalue weighted by atomic mass is 10.3. The molecule has 0 atom stereocenters. The minimum Gasteiger partial charge on any atom is -0.370 e. The molecule has 120 valence electrons. The SMILES string of the molecule is CN(C)c1nc(CN=C(N)NCCc2ccccn2)cs1.I. The van der Waals surface area contributed by atoms with Crippen molar-refractivity contribution in [1.82, 2.24) is 15.3 Å². The molecule has 2 aromatic rings. The molecule has 2 aromatic heterocycles. The van der Waals surface area contributed by atoms with Gasteiger partial charge in [-0.15, -0.1) is 35.3 Å². The predicted molar refractivity (Wildman–Crippen MR) is 103 cm³/mol. The molecule has 0 aliphatic heterocycles. The molecule has 0 aliphatic carbocycles. The number of guanidine groups is 1. The number of hydrogen-bond donors (Lipinski definition) is 2. The summed E-state index contributed by atoms with van der Waals surface area (Å²) in [6.45, 7) is 1.21. The van der Waals surface area contributed by atoms with Crippen LogP contribution in [0.4, 0.5) is 5.13 Å². The van der Waals surface area contributed by atoms with Gasteiger partial charge in [-0.3, -0.25) is 4.98 Å². The average Bonchev–Trinajstić information content (AvgIpc) is 2.95. The summed E-state index contributed by atoms with van der Waals surface area (Å²) in [5.41, 5.74) is 7.80. The van der Waals surface area contributed by atoms with Crippen LogP contribution in [0.1, 0.15) is 11.4 Å². The first-order valence-electron chi connectivity index (χ1n) is 6.70. The minimum atomic E-state index is 0. The van der Waals surface area contributed by atoms with E-state index in [4.69, 9.17) is 5.73 Å². The molecule has 2 heterocycles. The molecular formula is C14H21IN6S. The Labute approximate surface area is 151 Å². The van der Waals surface area contributed by atoms with Crippen molar-refractivity contribution in [2.75, 3.05) is 25.5 Å². The maximum atomic E-state index is 5.84. The third kappa shape index (κ3) is 6.14. The summed E-state index contributed by atoms with van der Waals surface area (Å²) in [6, 6.07) is 5.88.